The van der Waals surface area contributed by atoms with Crippen molar-refractivity contribution in [2.75, 3.05) is 0 Å². The molecule has 6 heteroatoms. The Kier molecular flexibility index (Phi) is 3.77. The van der Waals surface area contributed by atoms with Crippen molar-refractivity contribution in [3.63, 3.8) is 0 Å². The minimum absolute atomic E-state index is 0.0286. The summed E-state index contributed by atoms with van der Waals surface area (Å²) in [6.07, 6.45) is 0.632. The van der Waals surface area contributed by atoms with Gasteiger partial charge in [-0.1, -0.05) is 11.6 Å². The zero-order valence-corrected chi connectivity index (χ0v) is 10.3. The summed E-state index contributed by atoms with van der Waals surface area (Å²) in [7, 11) is 0. The maximum absolute atomic E-state index is 10.9. The van der Waals surface area contributed by atoms with Gasteiger partial charge in [-0.25, -0.2) is 0 Å². The van der Waals surface area contributed by atoms with Crippen LogP contribution in [0.25, 0.3) is 0 Å². The molecule has 5 nitrogen and oxygen atoms in total. The molecule has 0 heterocycles. The topological polar surface area (TPSA) is 69.4 Å². The number of aldehydes is 1. The number of non-ortho nitro benzene ring substituents is 1. The monoisotopic (exact) mass is 277 g/mol. The first kappa shape index (κ1) is 13.0. The lowest BCUT2D eigenvalue weighted by Crippen LogP contribution is -1.91. The van der Waals surface area contributed by atoms with E-state index in [4.69, 9.17) is 16.3 Å². The predicted molar refractivity (Wildman–Crippen MR) is 70.0 cm³/mol. The highest BCUT2D eigenvalue weighted by Crippen LogP contribution is 2.27. The van der Waals surface area contributed by atoms with Gasteiger partial charge < -0.3 is 4.74 Å². The number of nitrogens with zero attached hydrogens (tertiary/aromatic N) is 1. The number of hydrogen-bond donors (Lipinski definition) is 0. The molecule has 96 valence electrons. The molecule has 2 aromatic carbocycles. The van der Waals surface area contributed by atoms with Gasteiger partial charge in [0.2, 0.25) is 0 Å². The number of hydrogen-bond acceptors (Lipinski definition) is 4. The van der Waals surface area contributed by atoms with E-state index in [1.54, 1.807) is 12.1 Å². The first-order valence-corrected chi connectivity index (χ1v) is 5.65. The predicted octanol–water partition coefficient (Wildman–Crippen LogP) is 3.85. The summed E-state index contributed by atoms with van der Waals surface area (Å²) in [6, 6.07) is 10.2. The molecule has 0 N–H and O–H groups in total. The Balaban J connectivity index is 2.26. The Labute approximate surface area is 113 Å². The Hall–Kier alpha value is -2.40. The van der Waals surface area contributed by atoms with Crippen LogP contribution in [-0.2, 0) is 0 Å². The molecule has 0 saturated carbocycles. The van der Waals surface area contributed by atoms with E-state index in [0.29, 0.717) is 28.4 Å². The molecule has 2 aromatic rings. The summed E-state index contributed by atoms with van der Waals surface area (Å²) in [5.74, 6) is 0.740. The Morgan fingerprint density at radius 1 is 1.16 bits per heavy atom. The van der Waals surface area contributed by atoms with E-state index in [1.807, 2.05) is 0 Å². The lowest BCUT2D eigenvalue weighted by molar-refractivity contribution is -0.384. The maximum atomic E-state index is 10.9. The van der Waals surface area contributed by atoms with E-state index in [-0.39, 0.29) is 5.69 Å². The number of nitro benzene ring substituents is 1. The minimum Gasteiger partial charge on any atom is -0.457 e. The second-order valence-corrected chi connectivity index (χ2v) is 4.09. The van der Waals surface area contributed by atoms with Crippen molar-refractivity contribution in [3.05, 3.63) is 63.2 Å². The standard InChI is InChI=1S/C13H8ClNO4/c14-10-1-6-13(9(7-10)8-16)19-12-4-2-11(3-5-12)15(17)18/h1-8H. The highest BCUT2D eigenvalue weighted by Gasteiger charge is 2.08. The van der Waals surface area contributed by atoms with Crippen LogP contribution < -0.4 is 4.74 Å². The molecule has 0 bridgehead atoms. The fourth-order valence-electron chi connectivity index (χ4n) is 1.47. The van der Waals surface area contributed by atoms with Gasteiger partial charge in [0.15, 0.2) is 6.29 Å². The van der Waals surface area contributed by atoms with Crippen molar-refractivity contribution in [3.8, 4) is 11.5 Å². The van der Waals surface area contributed by atoms with Crippen LogP contribution in [0.2, 0.25) is 5.02 Å². The molecular formula is C13H8ClNO4. The SMILES string of the molecule is O=Cc1cc(Cl)ccc1Oc1ccc([N+](=O)[O-])cc1. The molecule has 0 aromatic heterocycles. The van der Waals surface area contributed by atoms with E-state index in [2.05, 4.69) is 0 Å². The summed E-state index contributed by atoms with van der Waals surface area (Å²) in [6.45, 7) is 0. The van der Waals surface area contributed by atoms with E-state index < -0.39 is 4.92 Å². The quantitative estimate of drug-likeness (QED) is 0.483. The molecule has 0 amide bonds. The van der Waals surface area contributed by atoms with Crippen LogP contribution in [0.4, 0.5) is 5.69 Å². The number of carbonyl (C=O) groups excluding carboxylic acids is 1. The van der Waals surface area contributed by atoms with E-state index in [9.17, 15) is 14.9 Å². The maximum Gasteiger partial charge on any atom is 0.269 e. The molecular weight excluding hydrogens is 270 g/mol. The van der Waals surface area contributed by atoms with Gasteiger partial charge in [0.1, 0.15) is 11.5 Å². The van der Waals surface area contributed by atoms with Gasteiger partial charge >= 0.3 is 0 Å². The fourth-order valence-corrected chi connectivity index (χ4v) is 1.65. The molecule has 0 unspecified atom stereocenters. The summed E-state index contributed by atoms with van der Waals surface area (Å²) < 4.78 is 5.48. The molecule has 0 atom stereocenters. The Morgan fingerprint density at radius 3 is 2.42 bits per heavy atom. The molecule has 0 fully saturated rings. The summed E-state index contributed by atoms with van der Waals surface area (Å²) in [5, 5.41) is 10.9. The van der Waals surface area contributed by atoms with Gasteiger partial charge in [-0.05, 0) is 30.3 Å². The zero-order valence-electron chi connectivity index (χ0n) is 9.58. The lowest BCUT2D eigenvalue weighted by Gasteiger charge is -2.07. The fraction of sp³-hybridized carbons (Fsp3) is 0. The largest absolute Gasteiger partial charge is 0.457 e. The highest BCUT2D eigenvalue weighted by atomic mass is 35.5. The number of ether oxygens (including phenoxy) is 1. The van der Waals surface area contributed by atoms with Crippen LogP contribution >= 0.6 is 11.6 Å². The van der Waals surface area contributed by atoms with Crippen molar-refractivity contribution in [1.82, 2.24) is 0 Å². The smallest absolute Gasteiger partial charge is 0.269 e. The van der Waals surface area contributed by atoms with Crippen molar-refractivity contribution in [2.45, 2.75) is 0 Å². The third kappa shape index (κ3) is 3.08. The average molecular weight is 278 g/mol. The number of rotatable bonds is 4. The van der Waals surface area contributed by atoms with Gasteiger partial charge in [-0.15, -0.1) is 0 Å². The summed E-state index contributed by atoms with van der Waals surface area (Å²) >= 11 is 5.76. The molecule has 0 spiro atoms. The van der Waals surface area contributed by atoms with Crippen LogP contribution in [0.5, 0.6) is 11.5 Å². The average Bonchev–Trinajstić information content (AvgIpc) is 2.41. The molecule has 2 rings (SSSR count). The number of nitro groups is 1. The number of halogens is 1. The van der Waals surface area contributed by atoms with Gasteiger partial charge in [0.25, 0.3) is 5.69 Å². The molecule has 0 aliphatic carbocycles. The van der Waals surface area contributed by atoms with Crippen LogP contribution in [0.1, 0.15) is 10.4 Å². The highest BCUT2D eigenvalue weighted by molar-refractivity contribution is 6.30. The second kappa shape index (κ2) is 5.49. The Morgan fingerprint density at radius 2 is 1.84 bits per heavy atom. The third-order valence-corrected chi connectivity index (χ3v) is 2.61. The third-order valence-electron chi connectivity index (χ3n) is 2.37. The van der Waals surface area contributed by atoms with Crippen molar-refractivity contribution in [1.29, 1.82) is 0 Å². The lowest BCUT2D eigenvalue weighted by atomic mass is 10.2. The summed E-state index contributed by atoms with van der Waals surface area (Å²) in [5.41, 5.74) is 0.282. The van der Waals surface area contributed by atoms with Crippen molar-refractivity contribution >= 4 is 23.6 Å². The van der Waals surface area contributed by atoms with Crippen LogP contribution in [0, 0.1) is 10.1 Å². The zero-order chi connectivity index (χ0) is 13.8. The molecule has 0 radical (unpaired) electrons. The number of benzene rings is 2. The molecule has 19 heavy (non-hydrogen) atoms. The van der Waals surface area contributed by atoms with E-state index in [1.165, 1.54) is 30.3 Å². The van der Waals surface area contributed by atoms with Gasteiger partial charge in [-0.3, -0.25) is 14.9 Å². The van der Waals surface area contributed by atoms with Crippen LogP contribution in [0.3, 0.4) is 0 Å². The normalized spacial score (nSPS) is 9.95. The van der Waals surface area contributed by atoms with E-state index in [0.717, 1.165) is 0 Å². The van der Waals surface area contributed by atoms with Crippen molar-refractivity contribution < 1.29 is 14.5 Å². The molecule has 0 saturated heterocycles. The van der Waals surface area contributed by atoms with Crippen molar-refractivity contribution in [2.24, 2.45) is 0 Å². The first-order chi connectivity index (χ1) is 9.10. The molecule has 0 aliphatic heterocycles. The van der Waals surface area contributed by atoms with Crippen LogP contribution in [0.15, 0.2) is 42.5 Å². The Bertz CT molecular complexity index is 625. The second-order valence-electron chi connectivity index (χ2n) is 3.65. The summed E-state index contributed by atoms with van der Waals surface area (Å²) in [4.78, 5) is 20.9. The van der Waals surface area contributed by atoms with Crippen LogP contribution in [-0.4, -0.2) is 11.2 Å². The van der Waals surface area contributed by atoms with Gasteiger partial charge in [0.05, 0.1) is 10.5 Å². The van der Waals surface area contributed by atoms with Gasteiger partial charge in [-0.2, -0.15) is 0 Å². The molecule has 0 aliphatic rings. The first-order valence-electron chi connectivity index (χ1n) is 5.27. The minimum atomic E-state index is -0.497. The number of carbonyl (C=O) groups is 1. The van der Waals surface area contributed by atoms with Gasteiger partial charge in [0, 0.05) is 17.2 Å². The van der Waals surface area contributed by atoms with E-state index >= 15 is 0 Å².